The summed E-state index contributed by atoms with van der Waals surface area (Å²) in [7, 11) is 0. The molecule has 12 heteroatoms. The minimum absolute atomic E-state index is 0.000669. The zero-order chi connectivity index (χ0) is 29.6. The molecule has 1 atom stereocenters. The second-order valence-electron chi connectivity index (χ2n) is 9.80. The number of hydrogen-bond acceptors (Lipinski definition) is 8. The number of aromatic amines is 2. The van der Waals surface area contributed by atoms with Gasteiger partial charge in [0.25, 0.3) is 22.9 Å². The predicted molar refractivity (Wildman–Crippen MR) is 158 cm³/mol. The first-order valence-electron chi connectivity index (χ1n) is 13.6. The van der Waals surface area contributed by atoms with Gasteiger partial charge in [-0.2, -0.15) is 0 Å². The predicted octanol–water partition coefficient (Wildman–Crippen LogP) is 3.07. The zero-order valence-corrected chi connectivity index (χ0v) is 23.0. The number of H-pyrrole nitrogens is 2. The number of anilines is 3. The molecule has 42 heavy (non-hydrogen) atoms. The van der Waals surface area contributed by atoms with Crippen molar-refractivity contribution in [2.75, 3.05) is 36.8 Å². The highest BCUT2D eigenvalue weighted by molar-refractivity contribution is 5.99. The Balaban J connectivity index is 1.34. The van der Waals surface area contributed by atoms with Gasteiger partial charge in [0.1, 0.15) is 17.1 Å². The third-order valence-electron chi connectivity index (χ3n) is 7.19. The standard InChI is InChI=1S/C30H31N7O5/c1-2-21(19-9-4-3-5-10-19)32-24-25(28(40)35-34-27(24)39)33-22-13-8-11-20(26(22)38)29(41)36-15-17-37(18-16-36)30(42)23-12-6-7-14-31-23/h3-14,21,38H,2,15-18H2,1H3,(H2,32,35,40)(H2,33,34,39). The fraction of sp³-hybridized carbons (Fsp3) is 0.233. The minimum Gasteiger partial charge on any atom is -0.505 e. The molecule has 2 aromatic heterocycles. The summed E-state index contributed by atoms with van der Waals surface area (Å²) < 4.78 is 0. The number of nitrogens with one attached hydrogen (secondary N) is 4. The fourth-order valence-corrected chi connectivity index (χ4v) is 4.89. The van der Waals surface area contributed by atoms with Crippen LogP contribution >= 0.6 is 0 Å². The van der Waals surface area contributed by atoms with E-state index in [0.717, 1.165) is 5.56 Å². The molecule has 2 aromatic carbocycles. The lowest BCUT2D eigenvalue weighted by atomic mass is 10.0. The Morgan fingerprint density at radius 3 is 2.14 bits per heavy atom. The molecular formula is C30H31N7O5. The SMILES string of the molecule is CCC(Nc1c(Nc2cccc(C(=O)N3CCN(C(=O)c4ccccn4)CC3)c2O)c(=O)[nH][nH]c1=O)c1ccccc1. The number of amides is 2. The van der Waals surface area contributed by atoms with Crippen LogP contribution in [-0.2, 0) is 0 Å². The molecule has 0 saturated carbocycles. The van der Waals surface area contributed by atoms with E-state index < -0.39 is 17.0 Å². The number of para-hydroxylation sites is 1. The van der Waals surface area contributed by atoms with Gasteiger partial charge in [-0.25, -0.2) is 0 Å². The van der Waals surface area contributed by atoms with Gasteiger partial charge in [-0.15, -0.1) is 0 Å². The normalized spacial score (nSPS) is 13.8. The number of nitrogens with zero attached hydrogens (tertiary/aromatic N) is 3. The number of pyridine rings is 1. The van der Waals surface area contributed by atoms with Gasteiger partial charge >= 0.3 is 0 Å². The number of carbonyl (C=O) groups is 2. The van der Waals surface area contributed by atoms with Crippen LogP contribution in [0.5, 0.6) is 5.75 Å². The van der Waals surface area contributed by atoms with Crippen LogP contribution in [0, 0.1) is 0 Å². The van der Waals surface area contributed by atoms with Gasteiger partial charge in [0, 0.05) is 32.4 Å². The first-order chi connectivity index (χ1) is 20.4. The van der Waals surface area contributed by atoms with Gasteiger partial charge in [-0.05, 0) is 36.2 Å². The molecule has 0 aliphatic carbocycles. The molecule has 1 fully saturated rings. The zero-order valence-electron chi connectivity index (χ0n) is 23.0. The first-order valence-corrected chi connectivity index (χ1v) is 13.6. The Kier molecular flexibility index (Phi) is 8.32. The van der Waals surface area contributed by atoms with Crippen LogP contribution in [-0.4, -0.2) is 68.1 Å². The van der Waals surface area contributed by atoms with Gasteiger partial charge in [0.15, 0.2) is 5.75 Å². The molecule has 2 amide bonds. The Hall–Kier alpha value is -5.39. The Morgan fingerprint density at radius 1 is 0.857 bits per heavy atom. The quantitative estimate of drug-likeness (QED) is 0.202. The number of piperazine rings is 1. The van der Waals surface area contributed by atoms with Gasteiger partial charge in [-0.1, -0.05) is 49.4 Å². The topological polar surface area (TPSA) is 164 Å². The summed E-state index contributed by atoms with van der Waals surface area (Å²) in [6.07, 6.45) is 2.19. The molecule has 0 radical (unpaired) electrons. The van der Waals surface area contributed by atoms with Crippen molar-refractivity contribution in [3.63, 3.8) is 0 Å². The van der Waals surface area contributed by atoms with Gasteiger partial charge in [-0.3, -0.25) is 34.4 Å². The van der Waals surface area contributed by atoms with Crippen molar-refractivity contribution in [1.29, 1.82) is 0 Å². The molecule has 5 rings (SSSR count). The number of carbonyl (C=O) groups excluding carboxylic acids is 2. The molecule has 1 unspecified atom stereocenters. The van der Waals surface area contributed by atoms with Crippen LogP contribution in [0.15, 0.2) is 82.5 Å². The van der Waals surface area contributed by atoms with E-state index in [-0.39, 0.29) is 53.4 Å². The fourth-order valence-electron chi connectivity index (χ4n) is 4.89. The molecule has 1 aliphatic rings. The largest absolute Gasteiger partial charge is 0.505 e. The molecule has 0 bridgehead atoms. The number of hydrogen-bond donors (Lipinski definition) is 5. The highest BCUT2D eigenvalue weighted by atomic mass is 16.3. The molecule has 3 heterocycles. The molecule has 1 saturated heterocycles. The van der Waals surface area contributed by atoms with Crippen molar-refractivity contribution in [3.8, 4) is 5.75 Å². The highest BCUT2D eigenvalue weighted by Gasteiger charge is 2.28. The Morgan fingerprint density at radius 2 is 1.50 bits per heavy atom. The first kappa shape index (κ1) is 28.1. The Bertz CT molecular complexity index is 1680. The van der Waals surface area contributed by atoms with Gasteiger partial charge in [0.05, 0.1) is 17.3 Å². The maximum absolute atomic E-state index is 13.4. The molecular weight excluding hydrogens is 538 g/mol. The number of benzene rings is 2. The van der Waals surface area contributed by atoms with E-state index in [0.29, 0.717) is 25.2 Å². The van der Waals surface area contributed by atoms with Crippen molar-refractivity contribution >= 4 is 28.9 Å². The average Bonchev–Trinajstić information content (AvgIpc) is 3.03. The number of phenolic OH excluding ortho intramolecular Hbond substituents is 1. The van der Waals surface area contributed by atoms with Crippen molar-refractivity contribution < 1.29 is 14.7 Å². The molecule has 1 aliphatic heterocycles. The van der Waals surface area contributed by atoms with Gasteiger partial charge < -0.3 is 25.5 Å². The van der Waals surface area contributed by atoms with E-state index in [1.807, 2.05) is 37.3 Å². The van der Waals surface area contributed by atoms with E-state index in [1.54, 1.807) is 40.3 Å². The maximum Gasteiger partial charge on any atom is 0.288 e. The summed E-state index contributed by atoms with van der Waals surface area (Å²) in [5.74, 6) is -0.994. The summed E-state index contributed by atoms with van der Waals surface area (Å²) in [5.41, 5.74) is 0.0945. The summed E-state index contributed by atoms with van der Waals surface area (Å²) in [6.45, 7) is 3.13. The average molecular weight is 570 g/mol. The highest BCUT2D eigenvalue weighted by Crippen LogP contribution is 2.33. The monoisotopic (exact) mass is 569 g/mol. The van der Waals surface area contributed by atoms with Crippen LogP contribution in [0.4, 0.5) is 17.1 Å². The summed E-state index contributed by atoms with van der Waals surface area (Å²) in [4.78, 5) is 59.1. The number of rotatable bonds is 8. The van der Waals surface area contributed by atoms with Gasteiger partial charge in [0.2, 0.25) is 0 Å². The van der Waals surface area contributed by atoms with Crippen LogP contribution in [0.3, 0.4) is 0 Å². The number of aromatic hydroxyl groups is 1. The van der Waals surface area contributed by atoms with Crippen molar-refractivity contribution in [3.05, 3.63) is 110 Å². The smallest absolute Gasteiger partial charge is 0.288 e. The molecule has 0 spiro atoms. The van der Waals surface area contributed by atoms with E-state index in [1.165, 1.54) is 12.1 Å². The lowest BCUT2D eigenvalue weighted by Gasteiger charge is -2.34. The van der Waals surface area contributed by atoms with Crippen molar-refractivity contribution in [2.45, 2.75) is 19.4 Å². The van der Waals surface area contributed by atoms with Crippen LogP contribution in [0.25, 0.3) is 0 Å². The lowest BCUT2D eigenvalue weighted by molar-refractivity contribution is 0.0530. The van der Waals surface area contributed by atoms with Crippen molar-refractivity contribution in [1.82, 2.24) is 25.0 Å². The van der Waals surface area contributed by atoms with E-state index in [9.17, 15) is 24.3 Å². The third-order valence-corrected chi connectivity index (χ3v) is 7.19. The molecule has 4 aromatic rings. The molecule has 12 nitrogen and oxygen atoms in total. The van der Waals surface area contributed by atoms with Crippen LogP contribution < -0.4 is 21.8 Å². The molecule has 5 N–H and O–H groups in total. The maximum atomic E-state index is 13.4. The Labute approximate surface area is 241 Å². The minimum atomic E-state index is -0.621. The third kappa shape index (κ3) is 5.87. The number of phenols is 1. The number of aromatic nitrogens is 3. The summed E-state index contributed by atoms with van der Waals surface area (Å²) in [5, 5.41) is 21.8. The second kappa shape index (κ2) is 12.4. The van der Waals surface area contributed by atoms with E-state index in [2.05, 4.69) is 25.8 Å². The molecule has 216 valence electrons. The summed E-state index contributed by atoms with van der Waals surface area (Å²) in [6, 6.07) is 18.9. The van der Waals surface area contributed by atoms with Crippen LogP contribution in [0.1, 0.15) is 45.8 Å². The second-order valence-corrected chi connectivity index (χ2v) is 9.80. The van der Waals surface area contributed by atoms with E-state index >= 15 is 0 Å². The lowest BCUT2D eigenvalue weighted by Crippen LogP contribution is -2.50. The summed E-state index contributed by atoms with van der Waals surface area (Å²) >= 11 is 0. The van der Waals surface area contributed by atoms with Crippen molar-refractivity contribution in [2.24, 2.45) is 0 Å². The van der Waals surface area contributed by atoms with Crippen LogP contribution in [0.2, 0.25) is 0 Å². The van der Waals surface area contributed by atoms with E-state index in [4.69, 9.17) is 0 Å².